The van der Waals surface area contributed by atoms with Gasteiger partial charge in [0.2, 0.25) is 0 Å². The fourth-order valence-electron chi connectivity index (χ4n) is 2.49. The van der Waals surface area contributed by atoms with Gasteiger partial charge in [0.05, 0.1) is 15.0 Å². The Morgan fingerprint density at radius 3 is 2.60 bits per heavy atom. The number of anilines is 1. The Morgan fingerprint density at radius 2 is 2.00 bits per heavy atom. The van der Waals surface area contributed by atoms with Crippen molar-refractivity contribution in [1.82, 2.24) is 9.97 Å². The molecule has 0 aromatic carbocycles. The third-order valence-corrected chi connectivity index (χ3v) is 6.00. The summed E-state index contributed by atoms with van der Waals surface area (Å²) in [5, 5.41) is 4.19. The fourth-order valence-corrected chi connectivity index (χ4v) is 4.73. The largest absolute Gasteiger partial charge is 0.369 e. The van der Waals surface area contributed by atoms with E-state index in [1.165, 1.54) is 34.9 Å². The van der Waals surface area contributed by atoms with E-state index in [-0.39, 0.29) is 0 Å². The molecule has 20 heavy (non-hydrogen) atoms. The van der Waals surface area contributed by atoms with Crippen LogP contribution in [0.3, 0.4) is 0 Å². The summed E-state index contributed by atoms with van der Waals surface area (Å²) in [5.41, 5.74) is 1.18. The fraction of sp³-hybridized carbons (Fsp3) is 0.733. The molecule has 1 aromatic rings. The van der Waals surface area contributed by atoms with Gasteiger partial charge in [-0.3, -0.25) is 0 Å². The number of aromatic nitrogens is 2. The lowest BCUT2D eigenvalue weighted by Crippen LogP contribution is -2.11. The summed E-state index contributed by atoms with van der Waals surface area (Å²) >= 11 is 4.40. The summed E-state index contributed by atoms with van der Waals surface area (Å²) in [6, 6.07) is 0. The maximum Gasteiger partial charge on any atom is 0.143 e. The summed E-state index contributed by atoms with van der Waals surface area (Å²) in [7, 11) is 0. The highest BCUT2D eigenvalue weighted by Gasteiger charge is 2.18. The van der Waals surface area contributed by atoms with Crippen LogP contribution in [0.25, 0.3) is 0 Å². The molecule has 0 saturated heterocycles. The molecule has 1 heterocycles. The Hall–Kier alpha value is -0.0400. The number of rotatable bonds is 6. The first kappa shape index (κ1) is 16.3. The second-order valence-corrected chi connectivity index (χ2v) is 7.96. The van der Waals surface area contributed by atoms with Gasteiger partial charge in [-0.05, 0) is 48.3 Å². The van der Waals surface area contributed by atoms with E-state index in [0.717, 1.165) is 29.2 Å². The molecule has 0 radical (unpaired) electrons. The van der Waals surface area contributed by atoms with Crippen LogP contribution >= 0.6 is 34.4 Å². The molecule has 0 spiro atoms. The van der Waals surface area contributed by atoms with Gasteiger partial charge in [-0.25, -0.2) is 9.97 Å². The average Bonchev–Trinajstić information content (AvgIpc) is 2.92. The molecule has 3 nitrogen and oxygen atoms in total. The van der Waals surface area contributed by atoms with Crippen LogP contribution in [0.4, 0.5) is 5.82 Å². The molecular formula is C15H24IN3S. The highest BCUT2D eigenvalue weighted by atomic mass is 127. The van der Waals surface area contributed by atoms with Gasteiger partial charge in [-0.1, -0.05) is 26.7 Å². The van der Waals surface area contributed by atoms with Crippen LogP contribution in [0.15, 0.2) is 0 Å². The van der Waals surface area contributed by atoms with Crippen molar-refractivity contribution in [2.75, 3.05) is 11.9 Å². The number of hydrogen-bond donors (Lipinski definition) is 1. The predicted molar refractivity (Wildman–Crippen MR) is 96.6 cm³/mol. The first-order chi connectivity index (χ1) is 9.61. The summed E-state index contributed by atoms with van der Waals surface area (Å²) in [4.78, 5) is 9.51. The third kappa shape index (κ3) is 4.23. The van der Waals surface area contributed by atoms with E-state index in [4.69, 9.17) is 9.97 Å². The van der Waals surface area contributed by atoms with Crippen LogP contribution in [-0.4, -0.2) is 21.8 Å². The Labute approximate surface area is 140 Å². The lowest BCUT2D eigenvalue weighted by molar-refractivity contribution is 0.790. The van der Waals surface area contributed by atoms with Crippen LogP contribution in [0.2, 0.25) is 0 Å². The standard InChI is InChI=1S/C15H24IN3S/c1-4-17-15-13(16)14(10(2)3)18-12(19-15)9-20-11-7-5-6-8-11/h10-11H,4-9H2,1-3H3,(H,17,18,19). The molecule has 1 N–H and O–H groups in total. The van der Waals surface area contributed by atoms with E-state index in [0.29, 0.717) is 5.92 Å². The van der Waals surface area contributed by atoms with Crippen LogP contribution in [0.5, 0.6) is 0 Å². The van der Waals surface area contributed by atoms with Crippen LogP contribution in [-0.2, 0) is 5.75 Å². The molecule has 0 bridgehead atoms. The normalized spacial score (nSPS) is 16.1. The number of nitrogens with zero attached hydrogens (tertiary/aromatic N) is 2. The Bertz CT molecular complexity index is 445. The summed E-state index contributed by atoms with van der Waals surface area (Å²) in [6.07, 6.45) is 5.52. The Balaban J connectivity index is 2.14. The van der Waals surface area contributed by atoms with Crippen molar-refractivity contribution in [3.63, 3.8) is 0 Å². The zero-order valence-electron chi connectivity index (χ0n) is 12.6. The molecule has 0 aliphatic heterocycles. The van der Waals surface area contributed by atoms with Gasteiger partial charge < -0.3 is 5.32 Å². The first-order valence-corrected chi connectivity index (χ1v) is 9.66. The minimum atomic E-state index is 0.442. The van der Waals surface area contributed by atoms with Gasteiger partial charge in [-0.15, -0.1) is 0 Å². The van der Waals surface area contributed by atoms with Gasteiger partial charge in [0.15, 0.2) is 0 Å². The smallest absolute Gasteiger partial charge is 0.143 e. The van der Waals surface area contributed by atoms with Crippen molar-refractivity contribution in [2.45, 2.75) is 63.4 Å². The molecule has 0 unspecified atom stereocenters. The average molecular weight is 405 g/mol. The molecule has 1 aliphatic rings. The van der Waals surface area contributed by atoms with Gasteiger partial charge >= 0.3 is 0 Å². The van der Waals surface area contributed by atoms with E-state index in [1.54, 1.807) is 0 Å². The molecule has 0 atom stereocenters. The summed E-state index contributed by atoms with van der Waals surface area (Å²) in [6.45, 7) is 7.42. The van der Waals surface area contributed by atoms with E-state index < -0.39 is 0 Å². The van der Waals surface area contributed by atoms with Crippen LogP contribution in [0, 0.1) is 3.57 Å². The molecule has 1 aliphatic carbocycles. The third-order valence-electron chi connectivity index (χ3n) is 3.56. The second-order valence-electron chi connectivity index (χ2n) is 5.59. The monoisotopic (exact) mass is 405 g/mol. The van der Waals surface area contributed by atoms with Crippen molar-refractivity contribution in [3.8, 4) is 0 Å². The summed E-state index contributed by atoms with van der Waals surface area (Å²) < 4.78 is 1.18. The quantitative estimate of drug-likeness (QED) is 0.690. The SMILES string of the molecule is CCNc1nc(CSC2CCCC2)nc(C(C)C)c1I. The summed E-state index contributed by atoms with van der Waals surface area (Å²) in [5.74, 6) is 3.38. The van der Waals surface area contributed by atoms with Gasteiger partial charge in [-0.2, -0.15) is 11.8 Å². The Morgan fingerprint density at radius 1 is 1.30 bits per heavy atom. The van der Waals surface area contributed by atoms with Crippen molar-refractivity contribution in [3.05, 3.63) is 15.1 Å². The first-order valence-electron chi connectivity index (χ1n) is 7.53. The molecular weight excluding hydrogens is 381 g/mol. The molecule has 2 rings (SSSR count). The number of nitrogens with one attached hydrogen (secondary N) is 1. The van der Waals surface area contributed by atoms with Crippen LogP contribution in [0.1, 0.15) is 63.9 Å². The van der Waals surface area contributed by atoms with E-state index in [2.05, 4.69) is 48.7 Å². The maximum absolute atomic E-state index is 4.80. The topological polar surface area (TPSA) is 37.8 Å². The van der Waals surface area contributed by atoms with Gasteiger partial charge in [0, 0.05) is 11.8 Å². The highest BCUT2D eigenvalue weighted by Crippen LogP contribution is 2.32. The van der Waals surface area contributed by atoms with Gasteiger partial charge in [0.25, 0.3) is 0 Å². The Kier molecular flexibility index (Phi) is 6.39. The van der Waals surface area contributed by atoms with Crippen molar-refractivity contribution in [2.24, 2.45) is 0 Å². The van der Waals surface area contributed by atoms with E-state index in [1.807, 2.05) is 11.8 Å². The van der Waals surface area contributed by atoms with Crippen molar-refractivity contribution in [1.29, 1.82) is 0 Å². The molecule has 5 heteroatoms. The van der Waals surface area contributed by atoms with E-state index >= 15 is 0 Å². The molecule has 1 aromatic heterocycles. The number of halogens is 1. The highest BCUT2D eigenvalue weighted by molar-refractivity contribution is 14.1. The zero-order chi connectivity index (χ0) is 14.5. The number of hydrogen-bond acceptors (Lipinski definition) is 4. The van der Waals surface area contributed by atoms with Crippen LogP contribution < -0.4 is 5.32 Å². The maximum atomic E-state index is 4.80. The van der Waals surface area contributed by atoms with E-state index in [9.17, 15) is 0 Å². The minimum absolute atomic E-state index is 0.442. The van der Waals surface area contributed by atoms with Gasteiger partial charge in [0.1, 0.15) is 11.6 Å². The molecule has 112 valence electrons. The van der Waals surface area contributed by atoms with Crippen molar-refractivity contribution < 1.29 is 0 Å². The lowest BCUT2D eigenvalue weighted by atomic mass is 10.1. The lowest BCUT2D eigenvalue weighted by Gasteiger charge is -2.15. The minimum Gasteiger partial charge on any atom is -0.369 e. The zero-order valence-corrected chi connectivity index (χ0v) is 15.6. The number of thioether (sulfide) groups is 1. The predicted octanol–water partition coefficient (Wildman–Crippen LogP) is 4.81. The molecule has 1 fully saturated rings. The van der Waals surface area contributed by atoms with Crippen molar-refractivity contribution >= 4 is 40.2 Å². The molecule has 1 saturated carbocycles. The molecule has 0 amide bonds. The second kappa shape index (κ2) is 7.82.